The highest BCUT2D eigenvalue weighted by Gasteiger charge is 2.22. The fourth-order valence-corrected chi connectivity index (χ4v) is 0.585. The molecule has 2 atom stereocenters. The van der Waals surface area contributed by atoms with Gasteiger partial charge in [0.2, 0.25) is 0 Å². The molecule has 0 aromatic carbocycles. The van der Waals surface area contributed by atoms with Gasteiger partial charge in [-0.05, 0) is 6.92 Å². The molecule has 0 aliphatic carbocycles. The largest absolute Gasteiger partial charge is 0.375 e. The van der Waals surface area contributed by atoms with Crippen LogP contribution in [0.3, 0.4) is 0 Å². The molecule has 1 nitrogen and oxygen atoms in total. The Labute approximate surface area is 42.5 Å². The third-order valence-corrected chi connectivity index (χ3v) is 1.06. The molecule has 0 saturated carbocycles. The van der Waals surface area contributed by atoms with Gasteiger partial charge in [0, 0.05) is 13.0 Å². The second kappa shape index (κ2) is 1.78. The molecule has 0 aromatic heterocycles. The molecule has 1 aliphatic heterocycles. The van der Waals surface area contributed by atoms with Gasteiger partial charge in [-0.2, -0.15) is 0 Å². The van der Waals surface area contributed by atoms with Crippen molar-refractivity contribution in [2.45, 2.75) is 18.7 Å². The molecule has 40 valence electrons. The van der Waals surface area contributed by atoms with Gasteiger partial charge in [0.05, 0.1) is 6.10 Å². The molecule has 2 unspecified atom stereocenters. The number of alkyl halides is 1. The SMILES string of the molecule is [CH]C1OCCC1F. The smallest absolute Gasteiger partial charge is 0.129 e. The highest BCUT2D eigenvalue weighted by molar-refractivity contribution is 4.76. The number of rotatable bonds is 0. The normalized spacial score (nSPS) is 42.0. The summed E-state index contributed by atoms with van der Waals surface area (Å²) in [5.41, 5.74) is 0. The second-order valence-corrected chi connectivity index (χ2v) is 1.64. The Morgan fingerprint density at radius 1 is 1.71 bits per heavy atom. The maximum Gasteiger partial charge on any atom is 0.129 e. The number of halogens is 1. The van der Waals surface area contributed by atoms with E-state index >= 15 is 0 Å². The van der Waals surface area contributed by atoms with Crippen molar-refractivity contribution in [1.29, 1.82) is 0 Å². The summed E-state index contributed by atoms with van der Waals surface area (Å²) in [5, 5.41) is 0. The van der Waals surface area contributed by atoms with Crippen LogP contribution in [0.15, 0.2) is 0 Å². The van der Waals surface area contributed by atoms with E-state index in [9.17, 15) is 4.39 Å². The van der Waals surface area contributed by atoms with Gasteiger partial charge in [-0.15, -0.1) is 0 Å². The van der Waals surface area contributed by atoms with Crippen LogP contribution in [0.2, 0.25) is 0 Å². The Morgan fingerprint density at radius 2 is 2.43 bits per heavy atom. The molecule has 1 fully saturated rings. The molecule has 0 spiro atoms. The third kappa shape index (κ3) is 0.911. The van der Waals surface area contributed by atoms with Crippen molar-refractivity contribution in [2.75, 3.05) is 6.61 Å². The molecule has 1 aliphatic rings. The first kappa shape index (κ1) is 5.04. The van der Waals surface area contributed by atoms with E-state index in [2.05, 4.69) is 4.74 Å². The summed E-state index contributed by atoms with van der Waals surface area (Å²) in [5.74, 6) is 0. The first-order valence-electron chi connectivity index (χ1n) is 2.32. The second-order valence-electron chi connectivity index (χ2n) is 1.64. The van der Waals surface area contributed by atoms with E-state index in [0.717, 1.165) is 0 Å². The molecule has 1 saturated heterocycles. The predicted octanol–water partition coefficient (Wildman–Crippen LogP) is 0.824. The summed E-state index contributed by atoms with van der Waals surface area (Å²) in [6.45, 7) is 5.56. The molecule has 0 aromatic rings. The van der Waals surface area contributed by atoms with Crippen molar-refractivity contribution >= 4 is 0 Å². The minimum absolute atomic E-state index is 0.459. The predicted molar refractivity (Wildman–Crippen MR) is 23.6 cm³/mol. The van der Waals surface area contributed by atoms with Crippen LogP contribution in [0, 0.1) is 6.92 Å². The first-order chi connectivity index (χ1) is 3.30. The van der Waals surface area contributed by atoms with Crippen LogP contribution < -0.4 is 0 Å². The van der Waals surface area contributed by atoms with E-state index in [-0.39, 0.29) is 0 Å². The quantitative estimate of drug-likeness (QED) is 0.440. The molecule has 0 amide bonds. The zero-order valence-corrected chi connectivity index (χ0v) is 3.93. The lowest BCUT2D eigenvalue weighted by Crippen LogP contribution is -2.10. The van der Waals surface area contributed by atoms with Gasteiger partial charge in [-0.25, -0.2) is 4.39 Å². The summed E-state index contributed by atoms with van der Waals surface area (Å²) < 4.78 is 16.7. The molecular weight excluding hydrogens is 95.1 g/mol. The molecule has 1 rings (SSSR count). The van der Waals surface area contributed by atoms with Crippen LogP contribution in [0.25, 0.3) is 0 Å². The van der Waals surface area contributed by atoms with E-state index in [1.165, 1.54) is 0 Å². The minimum atomic E-state index is -0.931. The fourth-order valence-electron chi connectivity index (χ4n) is 0.585. The Bertz CT molecular complexity index is 57.1. The maximum absolute atomic E-state index is 12.1. The summed E-state index contributed by atoms with van der Waals surface area (Å²) >= 11 is 0. The number of ether oxygens (including phenoxy) is 1. The van der Waals surface area contributed by atoms with Gasteiger partial charge >= 0.3 is 0 Å². The van der Waals surface area contributed by atoms with Crippen LogP contribution in [-0.2, 0) is 4.74 Å². The van der Waals surface area contributed by atoms with E-state index in [1.54, 1.807) is 0 Å². The van der Waals surface area contributed by atoms with Crippen LogP contribution in [0.1, 0.15) is 6.42 Å². The lowest BCUT2D eigenvalue weighted by molar-refractivity contribution is 0.112. The zero-order chi connectivity index (χ0) is 5.28. The van der Waals surface area contributed by atoms with Crippen molar-refractivity contribution in [3.05, 3.63) is 6.92 Å². The van der Waals surface area contributed by atoms with Crippen molar-refractivity contribution in [3.63, 3.8) is 0 Å². The van der Waals surface area contributed by atoms with E-state index in [1.807, 2.05) is 0 Å². The molecule has 7 heavy (non-hydrogen) atoms. The highest BCUT2D eigenvalue weighted by atomic mass is 19.1. The first-order valence-corrected chi connectivity index (χ1v) is 2.32. The molecule has 2 heteroatoms. The van der Waals surface area contributed by atoms with Gasteiger partial charge in [-0.3, -0.25) is 0 Å². The third-order valence-electron chi connectivity index (χ3n) is 1.06. The molecule has 0 N–H and O–H groups in total. The Balaban J connectivity index is 2.33. The van der Waals surface area contributed by atoms with E-state index in [4.69, 9.17) is 6.92 Å². The van der Waals surface area contributed by atoms with Crippen LogP contribution in [0.5, 0.6) is 0 Å². The Kier molecular flexibility index (Phi) is 1.28. The molecular formula is C5H7FO. The average molecular weight is 102 g/mol. The van der Waals surface area contributed by atoms with Gasteiger partial charge in [0.25, 0.3) is 0 Å². The Hall–Kier alpha value is -0.110. The van der Waals surface area contributed by atoms with Crippen LogP contribution >= 0.6 is 0 Å². The average Bonchev–Trinajstić information content (AvgIpc) is 1.91. The van der Waals surface area contributed by atoms with Gasteiger partial charge < -0.3 is 4.74 Å². The zero-order valence-electron chi connectivity index (χ0n) is 3.93. The summed E-state index contributed by atoms with van der Waals surface area (Å²) in [6, 6.07) is 0. The Morgan fingerprint density at radius 3 is 2.57 bits per heavy atom. The molecule has 2 radical (unpaired) electrons. The fraction of sp³-hybridized carbons (Fsp3) is 0.800. The number of hydrogen-bond donors (Lipinski definition) is 0. The van der Waals surface area contributed by atoms with Crippen LogP contribution in [-0.4, -0.2) is 18.9 Å². The van der Waals surface area contributed by atoms with Crippen molar-refractivity contribution < 1.29 is 9.13 Å². The van der Waals surface area contributed by atoms with Crippen LogP contribution in [0.4, 0.5) is 4.39 Å². The molecule has 1 heterocycles. The van der Waals surface area contributed by atoms with Crippen molar-refractivity contribution in [2.24, 2.45) is 0 Å². The summed E-state index contributed by atoms with van der Waals surface area (Å²) in [6.07, 6.45) is -1.12. The molecule has 0 bridgehead atoms. The topological polar surface area (TPSA) is 9.23 Å². The summed E-state index contributed by atoms with van der Waals surface area (Å²) in [4.78, 5) is 0. The van der Waals surface area contributed by atoms with Gasteiger partial charge in [0.1, 0.15) is 6.17 Å². The number of hydrogen-bond acceptors (Lipinski definition) is 1. The standard InChI is InChI=1S/C5H7FO/c1-4-5(6)2-3-7-4/h1,4-5H,2-3H2. The van der Waals surface area contributed by atoms with Crippen molar-refractivity contribution in [1.82, 2.24) is 0 Å². The lowest BCUT2D eigenvalue weighted by atomic mass is 10.2. The van der Waals surface area contributed by atoms with E-state index in [0.29, 0.717) is 13.0 Å². The minimum Gasteiger partial charge on any atom is -0.375 e. The lowest BCUT2D eigenvalue weighted by Gasteiger charge is -2.00. The summed E-state index contributed by atoms with van der Waals surface area (Å²) in [7, 11) is 0. The maximum atomic E-state index is 12.1. The van der Waals surface area contributed by atoms with Gasteiger partial charge in [0.15, 0.2) is 0 Å². The highest BCUT2D eigenvalue weighted by Crippen LogP contribution is 2.14. The van der Waals surface area contributed by atoms with E-state index < -0.39 is 12.3 Å². The van der Waals surface area contributed by atoms with Gasteiger partial charge in [-0.1, -0.05) is 0 Å². The van der Waals surface area contributed by atoms with Crippen molar-refractivity contribution in [3.8, 4) is 0 Å². The monoisotopic (exact) mass is 102 g/mol.